The van der Waals surface area contributed by atoms with Crippen molar-refractivity contribution in [3.8, 4) is 0 Å². The summed E-state index contributed by atoms with van der Waals surface area (Å²) in [4.78, 5) is 26.7. The minimum absolute atomic E-state index is 0.265. The number of aromatic nitrogens is 3. The first-order chi connectivity index (χ1) is 13.6. The van der Waals surface area contributed by atoms with Crippen molar-refractivity contribution in [2.45, 2.75) is 12.8 Å². The number of carbonyl (C=O) groups is 1. The molecular weight excluding hydrogens is 357 g/mol. The Labute approximate surface area is 163 Å². The molecule has 0 atom stereocenters. The average molecular weight is 379 g/mol. The van der Waals surface area contributed by atoms with Crippen molar-refractivity contribution in [1.29, 1.82) is 0 Å². The molecule has 0 unspecified atom stereocenters. The highest BCUT2D eigenvalue weighted by molar-refractivity contribution is 5.93. The summed E-state index contributed by atoms with van der Waals surface area (Å²) in [6.45, 7) is 1.09. The second kappa shape index (κ2) is 9.55. The van der Waals surface area contributed by atoms with Gasteiger partial charge >= 0.3 is 0 Å². The molecule has 28 heavy (non-hydrogen) atoms. The molecule has 144 valence electrons. The standard InChI is InChI=1S/C21H22FN5O/c1-27(13-9-16-6-10-23-11-7-16)21-25-14-18(15-26-21)20(28)24-12-8-17-4-2-3-5-19(17)22/h2-7,10-11,14-15H,8-9,12-13H2,1H3,(H,24,28). The Morgan fingerprint density at radius 1 is 1.07 bits per heavy atom. The maximum Gasteiger partial charge on any atom is 0.254 e. The Hall–Kier alpha value is -3.35. The van der Waals surface area contributed by atoms with E-state index >= 15 is 0 Å². The zero-order chi connectivity index (χ0) is 19.8. The third kappa shape index (κ3) is 5.33. The summed E-state index contributed by atoms with van der Waals surface area (Å²) < 4.78 is 13.6. The van der Waals surface area contributed by atoms with Crippen LogP contribution in [0, 0.1) is 5.82 Å². The van der Waals surface area contributed by atoms with E-state index in [9.17, 15) is 9.18 Å². The van der Waals surface area contributed by atoms with Gasteiger partial charge in [0.1, 0.15) is 5.82 Å². The van der Waals surface area contributed by atoms with Crippen molar-refractivity contribution in [2.75, 3.05) is 25.0 Å². The highest BCUT2D eigenvalue weighted by Crippen LogP contribution is 2.08. The van der Waals surface area contributed by atoms with Gasteiger partial charge in [0.15, 0.2) is 0 Å². The number of carbonyl (C=O) groups excluding carboxylic acids is 1. The summed E-state index contributed by atoms with van der Waals surface area (Å²) in [6, 6.07) is 10.5. The Balaban J connectivity index is 1.49. The Kier molecular flexibility index (Phi) is 6.62. The highest BCUT2D eigenvalue weighted by atomic mass is 19.1. The van der Waals surface area contributed by atoms with Crippen LogP contribution in [0.15, 0.2) is 61.2 Å². The minimum atomic E-state index is -0.276. The van der Waals surface area contributed by atoms with E-state index in [0.29, 0.717) is 30.0 Å². The maximum absolute atomic E-state index is 13.6. The van der Waals surface area contributed by atoms with Gasteiger partial charge in [-0.2, -0.15) is 0 Å². The number of anilines is 1. The number of nitrogens with one attached hydrogen (secondary N) is 1. The van der Waals surface area contributed by atoms with E-state index in [1.165, 1.54) is 24.0 Å². The monoisotopic (exact) mass is 379 g/mol. The van der Waals surface area contributed by atoms with Crippen molar-refractivity contribution in [1.82, 2.24) is 20.3 Å². The summed E-state index contributed by atoms with van der Waals surface area (Å²) in [7, 11) is 1.91. The van der Waals surface area contributed by atoms with E-state index in [2.05, 4.69) is 20.3 Å². The van der Waals surface area contributed by atoms with Crippen LogP contribution in [-0.2, 0) is 12.8 Å². The SMILES string of the molecule is CN(CCc1ccncc1)c1ncc(C(=O)NCCc2ccccc2F)cn1. The molecule has 2 aromatic heterocycles. The van der Waals surface area contributed by atoms with E-state index in [1.807, 2.05) is 24.1 Å². The molecule has 0 saturated heterocycles. The fourth-order valence-electron chi connectivity index (χ4n) is 2.70. The number of halogens is 1. The lowest BCUT2D eigenvalue weighted by atomic mass is 10.1. The summed E-state index contributed by atoms with van der Waals surface area (Å²) >= 11 is 0. The zero-order valence-electron chi connectivity index (χ0n) is 15.7. The molecule has 0 aliphatic heterocycles. The van der Waals surface area contributed by atoms with Crippen molar-refractivity contribution in [3.63, 3.8) is 0 Å². The first-order valence-electron chi connectivity index (χ1n) is 9.07. The quantitative estimate of drug-likeness (QED) is 0.652. The predicted octanol–water partition coefficient (Wildman–Crippen LogP) is 2.66. The van der Waals surface area contributed by atoms with Crippen molar-refractivity contribution in [3.05, 3.63) is 83.7 Å². The molecule has 0 aliphatic carbocycles. The molecule has 6 nitrogen and oxygen atoms in total. The van der Waals surface area contributed by atoms with E-state index in [1.54, 1.807) is 30.6 Å². The molecule has 0 radical (unpaired) electrons. The number of amides is 1. The van der Waals surface area contributed by atoms with Crippen LogP contribution >= 0.6 is 0 Å². The second-order valence-corrected chi connectivity index (χ2v) is 6.40. The van der Waals surface area contributed by atoms with Crippen molar-refractivity contribution >= 4 is 11.9 Å². The normalized spacial score (nSPS) is 10.5. The van der Waals surface area contributed by atoms with Gasteiger partial charge in [-0.25, -0.2) is 14.4 Å². The van der Waals surface area contributed by atoms with Gasteiger partial charge in [0, 0.05) is 44.9 Å². The van der Waals surface area contributed by atoms with Crippen molar-refractivity contribution < 1.29 is 9.18 Å². The van der Waals surface area contributed by atoms with Gasteiger partial charge in [-0.15, -0.1) is 0 Å². The number of hydrogen-bond acceptors (Lipinski definition) is 5. The highest BCUT2D eigenvalue weighted by Gasteiger charge is 2.10. The van der Waals surface area contributed by atoms with Crippen LogP contribution in [0.1, 0.15) is 21.5 Å². The van der Waals surface area contributed by atoms with Crippen molar-refractivity contribution in [2.24, 2.45) is 0 Å². The molecule has 0 aliphatic rings. The van der Waals surface area contributed by atoms with E-state index in [4.69, 9.17) is 0 Å². The Morgan fingerprint density at radius 2 is 1.79 bits per heavy atom. The molecule has 0 fully saturated rings. The molecule has 3 rings (SSSR count). The molecule has 1 amide bonds. The van der Waals surface area contributed by atoms with Crippen LogP contribution in [0.5, 0.6) is 0 Å². The summed E-state index contributed by atoms with van der Waals surface area (Å²) in [5.41, 5.74) is 2.14. The molecule has 2 heterocycles. The van der Waals surface area contributed by atoms with Gasteiger partial charge in [0.25, 0.3) is 5.91 Å². The molecule has 3 aromatic rings. The van der Waals surface area contributed by atoms with Gasteiger partial charge < -0.3 is 10.2 Å². The van der Waals surface area contributed by atoms with Crippen LogP contribution in [-0.4, -0.2) is 41.0 Å². The number of benzene rings is 1. The van der Waals surface area contributed by atoms with Gasteiger partial charge in [-0.3, -0.25) is 9.78 Å². The summed E-state index contributed by atoms with van der Waals surface area (Å²) in [5.74, 6) is 0.0125. The molecule has 1 N–H and O–H groups in total. The fraction of sp³-hybridized carbons (Fsp3) is 0.238. The topological polar surface area (TPSA) is 71.0 Å². The number of likely N-dealkylation sites (N-methyl/N-ethyl adjacent to an activating group) is 1. The van der Waals surface area contributed by atoms with Crippen LogP contribution < -0.4 is 10.2 Å². The molecule has 0 bridgehead atoms. The lowest BCUT2D eigenvalue weighted by molar-refractivity contribution is 0.0953. The zero-order valence-corrected chi connectivity index (χ0v) is 15.7. The number of hydrogen-bond donors (Lipinski definition) is 1. The number of rotatable bonds is 8. The maximum atomic E-state index is 13.6. The number of nitrogens with zero attached hydrogens (tertiary/aromatic N) is 4. The second-order valence-electron chi connectivity index (χ2n) is 6.40. The van der Waals surface area contributed by atoms with E-state index < -0.39 is 0 Å². The van der Waals surface area contributed by atoms with E-state index in [0.717, 1.165) is 13.0 Å². The van der Waals surface area contributed by atoms with Gasteiger partial charge in [0.05, 0.1) is 5.56 Å². The average Bonchev–Trinajstić information content (AvgIpc) is 2.74. The lowest BCUT2D eigenvalue weighted by Crippen LogP contribution is -2.27. The first kappa shape index (κ1) is 19.4. The third-order valence-electron chi connectivity index (χ3n) is 4.36. The van der Waals surface area contributed by atoms with Gasteiger partial charge in [0.2, 0.25) is 5.95 Å². The van der Waals surface area contributed by atoms with E-state index in [-0.39, 0.29) is 11.7 Å². The summed E-state index contributed by atoms with van der Waals surface area (Å²) in [5, 5.41) is 2.76. The fourth-order valence-corrected chi connectivity index (χ4v) is 2.70. The lowest BCUT2D eigenvalue weighted by Gasteiger charge is -2.16. The largest absolute Gasteiger partial charge is 0.352 e. The molecule has 1 aromatic carbocycles. The first-order valence-corrected chi connectivity index (χ1v) is 9.07. The summed E-state index contributed by atoms with van der Waals surface area (Å²) in [6.07, 6.45) is 7.82. The van der Waals surface area contributed by atoms with Crippen LogP contribution in [0.4, 0.5) is 10.3 Å². The molecular formula is C21H22FN5O. The number of pyridine rings is 1. The molecule has 0 spiro atoms. The van der Waals surface area contributed by atoms with Crippen LogP contribution in [0.3, 0.4) is 0 Å². The van der Waals surface area contributed by atoms with Crippen LogP contribution in [0.2, 0.25) is 0 Å². The predicted molar refractivity (Wildman–Crippen MR) is 106 cm³/mol. The Morgan fingerprint density at radius 3 is 2.50 bits per heavy atom. The van der Waals surface area contributed by atoms with Gasteiger partial charge in [-0.05, 0) is 42.2 Å². The smallest absolute Gasteiger partial charge is 0.254 e. The molecule has 7 heteroatoms. The molecule has 0 saturated carbocycles. The van der Waals surface area contributed by atoms with Gasteiger partial charge in [-0.1, -0.05) is 18.2 Å². The third-order valence-corrected chi connectivity index (χ3v) is 4.36. The van der Waals surface area contributed by atoms with Crippen LogP contribution in [0.25, 0.3) is 0 Å². The Bertz CT molecular complexity index is 902. The minimum Gasteiger partial charge on any atom is -0.352 e.